The predicted octanol–water partition coefficient (Wildman–Crippen LogP) is 3.58. The largest absolute Gasteiger partial charge is 0.465 e. The van der Waals surface area contributed by atoms with Gasteiger partial charge in [-0.1, -0.05) is 12.1 Å². The molecular formula is C20H26FN3O6. The number of carbonyl (C=O) groups excluding carboxylic acids is 3. The molecule has 0 radical (unpaired) electrons. The highest BCUT2D eigenvalue weighted by Gasteiger charge is 2.58. The van der Waals surface area contributed by atoms with E-state index in [1.54, 1.807) is 41.5 Å². The van der Waals surface area contributed by atoms with Crippen LogP contribution in [0, 0.1) is 5.82 Å². The van der Waals surface area contributed by atoms with Gasteiger partial charge in [-0.15, -0.1) is 0 Å². The second-order valence-corrected chi connectivity index (χ2v) is 8.54. The SMILES string of the molecule is COC(=O)[C@@]1(c2cccc(F)c2)N=CN(C(=O)OC(C)(C)C)N1C(=O)OC(C)(C)C. The molecule has 0 aromatic heterocycles. The van der Waals surface area contributed by atoms with E-state index in [9.17, 15) is 18.8 Å². The number of carbonyl (C=O) groups is 3. The summed E-state index contributed by atoms with van der Waals surface area (Å²) in [5, 5.41) is 1.37. The lowest BCUT2D eigenvalue weighted by molar-refractivity contribution is -0.160. The van der Waals surface area contributed by atoms with Crippen molar-refractivity contribution in [2.75, 3.05) is 7.11 Å². The molecular weight excluding hydrogens is 397 g/mol. The van der Waals surface area contributed by atoms with Crippen LogP contribution in [0.2, 0.25) is 0 Å². The standard InChI is InChI=1S/C20H26FN3O6/c1-18(2,3)29-16(26)23-12-22-20(15(25)28-7,13-9-8-10-14(21)11-13)24(23)17(27)30-19(4,5)6/h8-12H,1-7H3/t20-/m0/s1. The van der Waals surface area contributed by atoms with Gasteiger partial charge < -0.3 is 14.2 Å². The maximum absolute atomic E-state index is 14.0. The fourth-order valence-corrected chi connectivity index (χ4v) is 2.66. The van der Waals surface area contributed by atoms with Crippen molar-refractivity contribution in [2.45, 2.75) is 58.4 Å². The molecule has 0 fully saturated rings. The normalized spacial score (nSPS) is 18.9. The van der Waals surface area contributed by atoms with Gasteiger partial charge in [-0.3, -0.25) is 0 Å². The van der Waals surface area contributed by atoms with Crippen molar-refractivity contribution in [3.63, 3.8) is 0 Å². The Morgan fingerprint density at radius 1 is 1.00 bits per heavy atom. The monoisotopic (exact) mass is 423 g/mol. The molecule has 10 heteroatoms. The van der Waals surface area contributed by atoms with Gasteiger partial charge in [-0.2, -0.15) is 10.0 Å². The highest BCUT2D eigenvalue weighted by Crippen LogP contribution is 2.38. The van der Waals surface area contributed by atoms with E-state index in [1.165, 1.54) is 12.1 Å². The van der Waals surface area contributed by atoms with E-state index in [2.05, 4.69) is 4.99 Å². The first-order valence-corrected chi connectivity index (χ1v) is 9.16. The summed E-state index contributed by atoms with van der Waals surface area (Å²) in [5.41, 5.74) is -4.14. The van der Waals surface area contributed by atoms with Gasteiger partial charge in [0.2, 0.25) is 0 Å². The first-order valence-electron chi connectivity index (χ1n) is 9.16. The molecule has 1 aliphatic heterocycles. The number of hydrogen-bond donors (Lipinski definition) is 0. The third kappa shape index (κ3) is 4.69. The lowest BCUT2D eigenvalue weighted by Crippen LogP contribution is -2.59. The Labute approximate surface area is 174 Å². The third-order valence-corrected chi connectivity index (χ3v) is 3.72. The van der Waals surface area contributed by atoms with Gasteiger partial charge in [0.25, 0.3) is 5.66 Å². The first-order chi connectivity index (χ1) is 13.7. The molecule has 0 saturated carbocycles. The van der Waals surface area contributed by atoms with Gasteiger partial charge in [0.05, 0.1) is 7.11 Å². The average molecular weight is 423 g/mol. The Bertz CT molecular complexity index is 874. The van der Waals surface area contributed by atoms with E-state index in [-0.39, 0.29) is 5.56 Å². The number of benzene rings is 1. The third-order valence-electron chi connectivity index (χ3n) is 3.72. The van der Waals surface area contributed by atoms with Crippen LogP contribution in [0.25, 0.3) is 0 Å². The molecule has 0 bridgehead atoms. The Balaban J connectivity index is 2.66. The molecule has 2 amide bonds. The lowest BCUT2D eigenvalue weighted by atomic mass is 9.99. The summed E-state index contributed by atoms with van der Waals surface area (Å²) >= 11 is 0. The van der Waals surface area contributed by atoms with E-state index >= 15 is 0 Å². The maximum Gasteiger partial charge on any atom is 0.435 e. The smallest absolute Gasteiger partial charge is 0.435 e. The van der Waals surface area contributed by atoms with Crippen molar-refractivity contribution in [3.05, 3.63) is 35.6 Å². The quantitative estimate of drug-likeness (QED) is 0.533. The van der Waals surface area contributed by atoms with Gasteiger partial charge >= 0.3 is 18.2 Å². The van der Waals surface area contributed by atoms with Crippen LogP contribution in [0.15, 0.2) is 29.3 Å². The molecule has 1 atom stereocenters. The summed E-state index contributed by atoms with van der Waals surface area (Å²) in [6.45, 7) is 9.74. The van der Waals surface area contributed by atoms with Crippen LogP contribution in [-0.2, 0) is 24.7 Å². The van der Waals surface area contributed by atoms with Crippen molar-refractivity contribution < 1.29 is 33.0 Å². The van der Waals surface area contributed by atoms with Crippen LogP contribution in [0.4, 0.5) is 14.0 Å². The van der Waals surface area contributed by atoms with E-state index < -0.39 is 40.8 Å². The van der Waals surface area contributed by atoms with Crippen molar-refractivity contribution in [1.82, 2.24) is 10.0 Å². The average Bonchev–Trinajstić information content (AvgIpc) is 3.00. The zero-order valence-electron chi connectivity index (χ0n) is 18.1. The summed E-state index contributed by atoms with van der Waals surface area (Å²) in [6.07, 6.45) is -1.13. The van der Waals surface area contributed by atoms with Crippen molar-refractivity contribution in [1.29, 1.82) is 0 Å². The molecule has 30 heavy (non-hydrogen) atoms. The Morgan fingerprint density at radius 3 is 2.07 bits per heavy atom. The van der Waals surface area contributed by atoms with Gasteiger partial charge in [0.15, 0.2) is 0 Å². The Morgan fingerprint density at radius 2 is 1.57 bits per heavy atom. The van der Waals surface area contributed by atoms with Crippen LogP contribution in [0.1, 0.15) is 47.1 Å². The number of rotatable bonds is 2. The number of methoxy groups -OCH3 is 1. The van der Waals surface area contributed by atoms with Crippen molar-refractivity contribution >= 4 is 24.5 Å². The summed E-state index contributed by atoms with van der Waals surface area (Å²) in [6, 6.07) is 4.91. The van der Waals surface area contributed by atoms with Gasteiger partial charge in [0.1, 0.15) is 23.4 Å². The van der Waals surface area contributed by atoms with Crippen molar-refractivity contribution in [3.8, 4) is 0 Å². The number of halogens is 1. The Hall–Kier alpha value is -3.17. The van der Waals surface area contributed by atoms with Gasteiger partial charge in [0, 0.05) is 5.56 Å². The van der Waals surface area contributed by atoms with E-state index in [1.807, 2.05) is 0 Å². The maximum atomic E-state index is 14.0. The molecule has 164 valence electrons. The van der Waals surface area contributed by atoms with Gasteiger partial charge in [-0.05, 0) is 53.7 Å². The minimum absolute atomic E-state index is 0.0393. The lowest BCUT2D eigenvalue weighted by Gasteiger charge is -2.38. The van der Waals surface area contributed by atoms with E-state index in [0.717, 1.165) is 25.6 Å². The summed E-state index contributed by atoms with van der Waals surface area (Å²) in [5.74, 6) is -1.70. The van der Waals surface area contributed by atoms with Crippen LogP contribution >= 0.6 is 0 Å². The molecule has 1 heterocycles. The molecule has 0 saturated heterocycles. The van der Waals surface area contributed by atoms with Crippen LogP contribution in [-0.4, -0.2) is 52.8 Å². The molecule has 1 aromatic carbocycles. The number of hydrogen-bond acceptors (Lipinski definition) is 7. The summed E-state index contributed by atoms with van der Waals surface area (Å²) in [4.78, 5) is 42.9. The topological polar surface area (TPSA) is 97.7 Å². The molecule has 9 nitrogen and oxygen atoms in total. The van der Waals surface area contributed by atoms with Crippen molar-refractivity contribution in [2.24, 2.45) is 4.99 Å². The number of amides is 2. The summed E-state index contributed by atoms with van der Waals surface area (Å²) < 4.78 is 29.6. The number of esters is 1. The molecule has 2 rings (SSSR count). The summed E-state index contributed by atoms with van der Waals surface area (Å²) in [7, 11) is 1.09. The molecule has 0 N–H and O–H groups in total. The number of aliphatic imine (C=N–C) groups is 1. The highest BCUT2D eigenvalue weighted by atomic mass is 19.1. The zero-order chi connectivity index (χ0) is 22.9. The van der Waals surface area contributed by atoms with E-state index in [4.69, 9.17) is 14.2 Å². The number of nitrogens with zero attached hydrogens (tertiary/aromatic N) is 3. The molecule has 0 spiro atoms. The van der Waals surface area contributed by atoms with Crippen LogP contribution in [0.3, 0.4) is 0 Å². The fraction of sp³-hybridized carbons (Fsp3) is 0.500. The molecule has 0 aliphatic carbocycles. The van der Waals surface area contributed by atoms with E-state index in [0.29, 0.717) is 10.0 Å². The molecule has 1 aromatic rings. The zero-order valence-corrected chi connectivity index (χ0v) is 18.1. The minimum Gasteiger partial charge on any atom is -0.465 e. The second kappa shape index (κ2) is 7.92. The van der Waals surface area contributed by atoms with Crippen LogP contribution in [0.5, 0.6) is 0 Å². The predicted molar refractivity (Wildman–Crippen MR) is 105 cm³/mol. The minimum atomic E-state index is -2.23. The molecule has 0 unspecified atom stereocenters. The van der Waals surface area contributed by atoms with Gasteiger partial charge in [-0.25, -0.2) is 23.8 Å². The Kier molecular flexibility index (Phi) is 6.10. The molecule has 1 aliphatic rings. The second-order valence-electron chi connectivity index (χ2n) is 8.54. The highest BCUT2D eigenvalue weighted by molar-refractivity contribution is 5.95. The fourth-order valence-electron chi connectivity index (χ4n) is 2.66. The number of hydrazine groups is 1. The van der Waals surface area contributed by atoms with Crippen LogP contribution < -0.4 is 0 Å². The number of ether oxygens (including phenoxy) is 3. The first kappa shape index (κ1) is 23.1.